The number of hydrogen-bond donors (Lipinski definition) is 1. The molecule has 0 radical (unpaired) electrons. The van der Waals surface area contributed by atoms with Gasteiger partial charge < -0.3 is 5.32 Å². The van der Waals surface area contributed by atoms with Crippen molar-refractivity contribution in [3.05, 3.63) is 35.9 Å². The molecule has 17 heavy (non-hydrogen) atoms. The Morgan fingerprint density at radius 1 is 1.12 bits per heavy atom. The second-order valence-corrected chi connectivity index (χ2v) is 3.98. The number of hydrogen-bond acceptors (Lipinski definition) is 2. The van der Waals surface area contributed by atoms with E-state index in [1.165, 1.54) is 0 Å². The van der Waals surface area contributed by atoms with E-state index < -0.39 is 6.04 Å². The minimum Gasteiger partial charge on any atom is -0.346 e. The van der Waals surface area contributed by atoms with Crippen molar-refractivity contribution >= 4 is 11.7 Å². The zero-order valence-electron chi connectivity index (χ0n) is 10.4. The lowest BCUT2D eigenvalue weighted by molar-refractivity contribution is -0.127. The summed E-state index contributed by atoms with van der Waals surface area (Å²) >= 11 is 0. The Balaban J connectivity index is 2.70. The van der Waals surface area contributed by atoms with Crippen molar-refractivity contribution in [2.24, 2.45) is 0 Å². The molecule has 1 aromatic rings. The molecule has 0 fully saturated rings. The smallest absolute Gasteiger partial charge is 0.220 e. The summed E-state index contributed by atoms with van der Waals surface area (Å²) in [5.41, 5.74) is 1.07. The van der Waals surface area contributed by atoms with Gasteiger partial charge in [0.2, 0.25) is 5.91 Å². The second-order valence-electron chi connectivity index (χ2n) is 3.98. The molecule has 0 aromatic heterocycles. The number of carbonyl (C=O) groups is 2. The van der Waals surface area contributed by atoms with Crippen molar-refractivity contribution in [1.29, 1.82) is 0 Å². The zero-order chi connectivity index (χ0) is 12.7. The number of Topliss-reactive ketones (excluding diaryl/α,β-unsaturated/α-hetero) is 1. The maximum absolute atomic E-state index is 11.8. The van der Waals surface area contributed by atoms with Crippen molar-refractivity contribution in [2.75, 3.05) is 0 Å². The molecule has 0 spiro atoms. The van der Waals surface area contributed by atoms with Crippen LogP contribution < -0.4 is 5.32 Å². The largest absolute Gasteiger partial charge is 0.346 e. The van der Waals surface area contributed by atoms with Crippen LogP contribution in [0.2, 0.25) is 0 Å². The monoisotopic (exact) mass is 233 g/mol. The molecule has 1 aromatic carbocycles. The van der Waals surface area contributed by atoms with Crippen LogP contribution >= 0.6 is 0 Å². The predicted molar refractivity (Wildman–Crippen MR) is 67.7 cm³/mol. The topological polar surface area (TPSA) is 46.2 Å². The third kappa shape index (κ3) is 4.39. The second kappa shape index (κ2) is 6.84. The van der Waals surface area contributed by atoms with Crippen molar-refractivity contribution in [3.63, 3.8) is 0 Å². The first-order valence-corrected chi connectivity index (χ1v) is 6.03. The summed E-state index contributed by atoms with van der Waals surface area (Å²) < 4.78 is 0. The van der Waals surface area contributed by atoms with Gasteiger partial charge in [0, 0.05) is 12.8 Å². The molecule has 3 heteroatoms. The van der Waals surface area contributed by atoms with E-state index in [2.05, 4.69) is 5.32 Å². The van der Waals surface area contributed by atoms with Gasteiger partial charge in [-0.2, -0.15) is 0 Å². The molecule has 0 saturated carbocycles. The lowest BCUT2D eigenvalue weighted by Gasteiger charge is -2.16. The fraction of sp³-hybridized carbons (Fsp3) is 0.429. The molecule has 1 rings (SSSR count). The molecular formula is C14H19NO2. The first-order valence-electron chi connectivity index (χ1n) is 6.03. The maximum Gasteiger partial charge on any atom is 0.220 e. The van der Waals surface area contributed by atoms with Gasteiger partial charge in [0.1, 0.15) is 0 Å². The summed E-state index contributed by atoms with van der Waals surface area (Å²) in [6.07, 6.45) is 1.42. The van der Waals surface area contributed by atoms with Gasteiger partial charge in [-0.1, -0.05) is 44.2 Å². The van der Waals surface area contributed by atoms with Crippen LogP contribution in [0.1, 0.15) is 32.3 Å². The third-order valence-electron chi connectivity index (χ3n) is 2.68. The van der Waals surface area contributed by atoms with E-state index in [9.17, 15) is 9.59 Å². The molecule has 1 atom stereocenters. The number of carbonyl (C=O) groups excluding carboxylic acids is 2. The van der Waals surface area contributed by atoms with Gasteiger partial charge in [0.05, 0.1) is 6.04 Å². The molecular weight excluding hydrogens is 214 g/mol. The van der Waals surface area contributed by atoms with Gasteiger partial charge in [0.25, 0.3) is 0 Å². The Morgan fingerprint density at radius 2 is 1.76 bits per heavy atom. The highest BCUT2D eigenvalue weighted by atomic mass is 16.2. The fourth-order valence-corrected chi connectivity index (χ4v) is 1.64. The van der Waals surface area contributed by atoms with Gasteiger partial charge in [-0.05, 0) is 12.0 Å². The highest BCUT2D eigenvalue weighted by molar-refractivity contribution is 5.89. The van der Waals surface area contributed by atoms with Crippen LogP contribution in [-0.2, 0) is 16.0 Å². The van der Waals surface area contributed by atoms with Crippen molar-refractivity contribution in [3.8, 4) is 0 Å². The highest BCUT2D eigenvalue weighted by Gasteiger charge is 2.18. The zero-order valence-corrected chi connectivity index (χ0v) is 10.4. The van der Waals surface area contributed by atoms with Gasteiger partial charge >= 0.3 is 0 Å². The lowest BCUT2D eigenvalue weighted by atomic mass is 10.0. The standard InChI is InChI=1S/C14H19NO2/c1-3-13(16)12(15-14(17)4-2)10-11-8-6-5-7-9-11/h5-9,12H,3-4,10H2,1-2H3,(H,15,17). The van der Waals surface area contributed by atoms with Crippen LogP contribution in [0.25, 0.3) is 0 Å². The van der Waals surface area contributed by atoms with Gasteiger partial charge in [-0.15, -0.1) is 0 Å². The van der Waals surface area contributed by atoms with Crippen LogP contribution in [0.5, 0.6) is 0 Å². The van der Waals surface area contributed by atoms with Crippen LogP contribution in [0, 0.1) is 0 Å². The summed E-state index contributed by atoms with van der Waals surface area (Å²) in [5.74, 6) is 0.00313. The molecule has 1 N–H and O–H groups in total. The van der Waals surface area contributed by atoms with Crippen molar-refractivity contribution in [2.45, 2.75) is 39.2 Å². The molecule has 1 amide bonds. The SMILES string of the molecule is CCC(=O)NC(Cc1ccccc1)C(=O)CC. The van der Waals surface area contributed by atoms with Crippen LogP contribution in [0.3, 0.4) is 0 Å². The van der Waals surface area contributed by atoms with Crippen molar-refractivity contribution in [1.82, 2.24) is 5.32 Å². The summed E-state index contributed by atoms with van der Waals surface area (Å²) in [5, 5.41) is 2.78. The predicted octanol–water partition coefficient (Wildman–Crippen LogP) is 2.10. The summed E-state index contributed by atoms with van der Waals surface area (Å²) in [7, 11) is 0. The van der Waals surface area contributed by atoms with E-state index in [0.29, 0.717) is 19.3 Å². The van der Waals surface area contributed by atoms with Gasteiger partial charge in [-0.3, -0.25) is 9.59 Å². The highest BCUT2D eigenvalue weighted by Crippen LogP contribution is 2.05. The molecule has 0 bridgehead atoms. The summed E-state index contributed by atoms with van der Waals surface area (Å²) in [6.45, 7) is 3.60. The molecule has 1 unspecified atom stereocenters. The summed E-state index contributed by atoms with van der Waals surface area (Å²) in [4.78, 5) is 23.1. The quantitative estimate of drug-likeness (QED) is 0.818. The number of amides is 1. The molecule has 0 aliphatic carbocycles. The Labute approximate surface area is 102 Å². The Bertz CT molecular complexity index is 373. The Hall–Kier alpha value is -1.64. The number of nitrogens with one attached hydrogen (secondary N) is 1. The van der Waals surface area contributed by atoms with Crippen molar-refractivity contribution < 1.29 is 9.59 Å². The molecule has 0 aliphatic rings. The van der Waals surface area contributed by atoms with E-state index in [1.54, 1.807) is 6.92 Å². The van der Waals surface area contributed by atoms with Crippen LogP contribution in [0.4, 0.5) is 0 Å². The van der Waals surface area contributed by atoms with Crippen LogP contribution in [-0.4, -0.2) is 17.7 Å². The molecule has 92 valence electrons. The average molecular weight is 233 g/mol. The first kappa shape index (κ1) is 13.4. The normalized spacial score (nSPS) is 11.9. The fourth-order valence-electron chi connectivity index (χ4n) is 1.64. The Kier molecular flexibility index (Phi) is 5.40. The number of rotatable bonds is 6. The van der Waals surface area contributed by atoms with E-state index >= 15 is 0 Å². The molecule has 3 nitrogen and oxygen atoms in total. The lowest BCUT2D eigenvalue weighted by Crippen LogP contribution is -2.41. The number of benzene rings is 1. The molecule has 0 heterocycles. The number of ketones is 1. The molecule has 0 aliphatic heterocycles. The van der Waals surface area contributed by atoms with E-state index in [1.807, 2.05) is 37.3 Å². The first-order chi connectivity index (χ1) is 8.17. The summed E-state index contributed by atoms with van der Waals surface area (Å²) in [6, 6.07) is 9.34. The minimum absolute atomic E-state index is 0.0762. The average Bonchev–Trinajstić information content (AvgIpc) is 2.38. The van der Waals surface area contributed by atoms with Gasteiger partial charge in [0.15, 0.2) is 5.78 Å². The Morgan fingerprint density at radius 3 is 2.29 bits per heavy atom. The van der Waals surface area contributed by atoms with E-state index in [0.717, 1.165) is 5.56 Å². The van der Waals surface area contributed by atoms with E-state index in [4.69, 9.17) is 0 Å². The maximum atomic E-state index is 11.8. The van der Waals surface area contributed by atoms with Crippen LogP contribution in [0.15, 0.2) is 30.3 Å². The van der Waals surface area contributed by atoms with Gasteiger partial charge in [-0.25, -0.2) is 0 Å². The third-order valence-corrected chi connectivity index (χ3v) is 2.68. The minimum atomic E-state index is -0.394. The van der Waals surface area contributed by atoms with E-state index in [-0.39, 0.29) is 11.7 Å². The molecule has 0 saturated heterocycles.